The van der Waals surface area contributed by atoms with Crippen LogP contribution in [0.15, 0.2) is 63.9 Å². The predicted molar refractivity (Wildman–Crippen MR) is 96.9 cm³/mol. The summed E-state index contributed by atoms with van der Waals surface area (Å²) < 4.78 is 38.3. The van der Waals surface area contributed by atoms with Crippen LogP contribution in [0.25, 0.3) is 10.8 Å². The third-order valence-electron chi connectivity index (χ3n) is 4.03. The highest BCUT2D eigenvalue weighted by atomic mass is 32.2. The van der Waals surface area contributed by atoms with Crippen molar-refractivity contribution < 1.29 is 17.6 Å². The zero-order valence-corrected chi connectivity index (χ0v) is 15.1. The van der Waals surface area contributed by atoms with Crippen LogP contribution in [0.2, 0.25) is 0 Å². The maximum atomic E-state index is 13.1. The van der Waals surface area contributed by atoms with Crippen molar-refractivity contribution in [2.75, 3.05) is 20.3 Å². The van der Waals surface area contributed by atoms with Crippen molar-refractivity contribution in [3.8, 4) is 0 Å². The summed E-state index contributed by atoms with van der Waals surface area (Å²) in [6, 6.07) is 16.5. The molecular formula is C19H21NO4S. The normalized spacial score (nSPS) is 12.1. The van der Waals surface area contributed by atoms with Crippen molar-refractivity contribution in [2.24, 2.45) is 0 Å². The average Bonchev–Trinajstić information content (AvgIpc) is 3.03. The summed E-state index contributed by atoms with van der Waals surface area (Å²) in [5.41, 5.74) is 0. The van der Waals surface area contributed by atoms with Gasteiger partial charge in [-0.2, -0.15) is 4.31 Å². The fourth-order valence-electron chi connectivity index (χ4n) is 2.70. The summed E-state index contributed by atoms with van der Waals surface area (Å²) in [5.74, 6) is 1.36. The van der Waals surface area contributed by atoms with E-state index in [1.54, 1.807) is 25.3 Å². The lowest BCUT2D eigenvalue weighted by Crippen LogP contribution is -2.33. The molecule has 0 spiro atoms. The molecule has 3 rings (SSSR count). The summed E-state index contributed by atoms with van der Waals surface area (Å²) in [5, 5.41) is 1.90. The Kier molecular flexibility index (Phi) is 5.22. The van der Waals surface area contributed by atoms with Crippen LogP contribution in [0.4, 0.5) is 0 Å². The van der Waals surface area contributed by atoms with Crippen molar-refractivity contribution in [3.63, 3.8) is 0 Å². The maximum Gasteiger partial charge on any atom is 0.243 e. The second-order valence-electron chi connectivity index (χ2n) is 5.85. The van der Waals surface area contributed by atoms with Crippen LogP contribution in [0.1, 0.15) is 11.5 Å². The molecule has 0 bridgehead atoms. The zero-order chi connectivity index (χ0) is 17.9. The number of hydrogen-bond acceptors (Lipinski definition) is 4. The molecule has 2 aromatic carbocycles. The largest absolute Gasteiger partial charge is 0.465 e. The van der Waals surface area contributed by atoms with Gasteiger partial charge in [-0.3, -0.25) is 0 Å². The SMILES string of the molecule is COCCN(Cc1ccc(C)o1)S(=O)(=O)c1ccc2ccccc2c1. The van der Waals surface area contributed by atoms with Gasteiger partial charge in [0, 0.05) is 13.7 Å². The first-order chi connectivity index (χ1) is 12.0. The lowest BCUT2D eigenvalue weighted by atomic mass is 10.1. The molecule has 0 aliphatic carbocycles. The van der Waals surface area contributed by atoms with Gasteiger partial charge in [0.25, 0.3) is 0 Å². The molecule has 3 aromatic rings. The van der Waals surface area contributed by atoms with Crippen LogP contribution in [0, 0.1) is 6.92 Å². The zero-order valence-electron chi connectivity index (χ0n) is 14.3. The molecule has 132 valence electrons. The second kappa shape index (κ2) is 7.39. The number of fused-ring (bicyclic) bond motifs is 1. The number of methoxy groups -OCH3 is 1. The van der Waals surface area contributed by atoms with Crippen molar-refractivity contribution in [1.82, 2.24) is 4.31 Å². The number of hydrogen-bond donors (Lipinski definition) is 0. The molecular weight excluding hydrogens is 338 g/mol. The Morgan fingerprint density at radius 2 is 1.80 bits per heavy atom. The first-order valence-electron chi connectivity index (χ1n) is 8.04. The lowest BCUT2D eigenvalue weighted by Gasteiger charge is -2.21. The number of sulfonamides is 1. The number of aryl methyl sites for hydroxylation is 1. The Balaban J connectivity index is 1.95. The van der Waals surface area contributed by atoms with Gasteiger partial charge in [-0.25, -0.2) is 8.42 Å². The van der Waals surface area contributed by atoms with Gasteiger partial charge < -0.3 is 9.15 Å². The Morgan fingerprint density at radius 3 is 2.48 bits per heavy atom. The maximum absolute atomic E-state index is 13.1. The van der Waals surface area contributed by atoms with Crippen molar-refractivity contribution in [2.45, 2.75) is 18.4 Å². The molecule has 0 fully saturated rings. The van der Waals surface area contributed by atoms with E-state index in [9.17, 15) is 8.42 Å². The van der Waals surface area contributed by atoms with Crippen LogP contribution in [0.5, 0.6) is 0 Å². The molecule has 1 aromatic heterocycles. The van der Waals surface area contributed by atoms with E-state index in [-0.39, 0.29) is 18.0 Å². The second-order valence-corrected chi connectivity index (χ2v) is 7.79. The van der Waals surface area contributed by atoms with Crippen LogP contribution in [-0.4, -0.2) is 33.0 Å². The van der Waals surface area contributed by atoms with E-state index < -0.39 is 10.0 Å². The molecule has 6 heteroatoms. The van der Waals surface area contributed by atoms with E-state index in [1.807, 2.05) is 43.3 Å². The van der Waals surface area contributed by atoms with Gasteiger partial charge in [0.1, 0.15) is 11.5 Å². The fraction of sp³-hybridized carbons (Fsp3) is 0.263. The summed E-state index contributed by atoms with van der Waals surface area (Å²) in [4.78, 5) is 0.269. The molecule has 5 nitrogen and oxygen atoms in total. The average molecular weight is 359 g/mol. The monoisotopic (exact) mass is 359 g/mol. The third-order valence-corrected chi connectivity index (χ3v) is 5.87. The van der Waals surface area contributed by atoms with Gasteiger partial charge in [0.2, 0.25) is 10.0 Å². The number of nitrogens with zero attached hydrogens (tertiary/aromatic N) is 1. The molecule has 0 N–H and O–H groups in total. The molecule has 0 aliphatic heterocycles. The first-order valence-corrected chi connectivity index (χ1v) is 9.48. The lowest BCUT2D eigenvalue weighted by molar-refractivity contribution is 0.175. The quantitative estimate of drug-likeness (QED) is 0.647. The standard InChI is InChI=1S/C19H21NO4S/c1-15-7-9-18(24-15)14-20(11-12-23-2)25(21,22)19-10-8-16-5-3-4-6-17(16)13-19/h3-10,13H,11-12,14H2,1-2H3. The molecule has 0 atom stereocenters. The minimum absolute atomic E-state index is 0.173. The molecule has 0 radical (unpaired) electrons. The summed E-state index contributed by atoms with van der Waals surface area (Å²) in [6.45, 7) is 2.57. The van der Waals surface area contributed by atoms with Gasteiger partial charge in [-0.15, -0.1) is 0 Å². The van der Waals surface area contributed by atoms with Crippen molar-refractivity contribution in [1.29, 1.82) is 0 Å². The number of benzene rings is 2. The number of ether oxygens (including phenoxy) is 1. The molecule has 0 unspecified atom stereocenters. The van der Waals surface area contributed by atoms with E-state index in [0.717, 1.165) is 16.5 Å². The van der Waals surface area contributed by atoms with Crippen LogP contribution in [-0.2, 0) is 21.3 Å². The minimum atomic E-state index is -3.66. The van der Waals surface area contributed by atoms with E-state index in [4.69, 9.17) is 9.15 Å². The summed E-state index contributed by atoms with van der Waals surface area (Å²) in [6.07, 6.45) is 0. The molecule has 0 saturated heterocycles. The van der Waals surface area contributed by atoms with Gasteiger partial charge in [-0.05, 0) is 42.0 Å². The summed E-state index contributed by atoms with van der Waals surface area (Å²) in [7, 11) is -2.11. The molecule has 0 aliphatic rings. The Hall–Kier alpha value is -2.15. The predicted octanol–water partition coefficient (Wildman–Crippen LogP) is 3.58. The third kappa shape index (κ3) is 3.92. The highest BCUT2D eigenvalue weighted by Gasteiger charge is 2.25. The fourth-order valence-corrected chi connectivity index (χ4v) is 4.12. The van der Waals surface area contributed by atoms with Gasteiger partial charge >= 0.3 is 0 Å². The van der Waals surface area contributed by atoms with Crippen molar-refractivity contribution >= 4 is 20.8 Å². The topological polar surface area (TPSA) is 59.8 Å². The number of furan rings is 1. The molecule has 0 saturated carbocycles. The minimum Gasteiger partial charge on any atom is -0.465 e. The highest BCUT2D eigenvalue weighted by Crippen LogP contribution is 2.23. The van der Waals surface area contributed by atoms with E-state index >= 15 is 0 Å². The Morgan fingerprint density at radius 1 is 1.04 bits per heavy atom. The van der Waals surface area contributed by atoms with Crippen LogP contribution >= 0.6 is 0 Å². The van der Waals surface area contributed by atoms with E-state index in [1.165, 1.54) is 4.31 Å². The van der Waals surface area contributed by atoms with Crippen LogP contribution in [0.3, 0.4) is 0 Å². The van der Waals surface area contributed by atoms with E-state index in [0.29, 0.717) is 12.4 Å². The van der Waals surface area contributed by atoms with Gasteiger partial charge in [-0.1, -0.05) is 30.3 Å². The smallest absolute Gasteiger partial charge is 0.243 e. The summed E-state index contributed by atoms with van der Waals surface area (Å²) >= 11 is 0. The first kappa shape index (κ1) is 17.7. The Bertz CT molecular complexity index is 962. The molecule has 1 heterocycles. The molecule has 25 heavy (non-hydrogen) atoms. The highest BCUT2D eigenvalue weighted by molar-refractivity contribution is 7.89. The van der Waals surface area contributed by atoms with Gasteiger partial charge in [0.05, 0.1) is 18.0 Å². The molecule has 0 amide bonds. The van der Waals surface area contributed by atoms with Gasteiger partial charge in [0.15, 0.2) is 0 Å². The van der Waals surface area contributed by atoms with Crippen LogP contribution < -0.4 is 0 Å². The Labute approximate surface area is 147 Å². The van der Waals surface area contributed by atoms with E-state index in [2.05, 4.69) is 0 Å². The van der Waals surface area contributed by atoms with Crippen molar-refractivity contribution in [3.05, 3.63) is 66.1 Å². The number of rotatable bonds is 7.